The summed E-state index contributed by atoms with van der Waals surface area (Å²) in [6.45, 7) is 7.64. The van der Waals surface area contributed by atoms with Crippen molar-refractivity contribution >= 4 is 93.1 Å². The third-order valence-corrected chi connectivity index (χ3v) is 20.7. The molecule has 566 valence electrons. The van der Waals surface area contributed by atoms with Gasteiger partial charge in [-0.3, -0.25) is 43.4 Å². The van der Waals surface area contributed by atoms with Gasteiger partial charge >= 0.3 is 6.09 Å². The van der Waals surface area contributed by atoms with Crippen molar-refractivity contribution in [2.75, 3.05) is 80.6 Å². The van der Waals surface area contributed by atoms with Crippen molar-refractivity contribution in [3.63, 3.8) is 0 Å². The van der Waals surface area contributed by atoms with Gasteiger partial charge < -0.3 is 85.9 Å². The molecule has 7 aliphatic rings. The van der Waals surface area contributed by atoms with E-state index in [9.17, 15) is 53.4 Å². The van der Waals surface area contributed by atoms with Crippen LogP contribution in [-0.4, -0.2) is 169 Å². The van der Waals surface area contributed by atoms with Crippen LogP contribution in [0.5, 0.6) is 23.0 Å². The van der Waals surface area contributed by atoms with Crippen LogP contribution in [-0.2, 0) is 53.3 Å². The molecule has 1 saturated carbocycles. The Morgan fingerprint density at radius 3 is 2.08 bits per heavy atom. The number of aliphatic hydroxyl groups excluding tert-OH is 2. The van der Waals surface area contributed by atoms with Gasteiger partial charge in [0.15, 0.2) is 29.2 Å². The Kier molecular flexibility index (Phi) is 22.2. The van der Waals surface area contributed by atoms with Gasteiger partial charge in [-0.1, -0.05) is 92.7 Å². The lowest BCUT2D eigenvalue weighted by molar-refractivity contribution is -0.132. The average molecular weight is 1480 g/mol. The van der Waals surface area contributed by atoms with Crippen LogP contribution < -0.4 is 71.6 Å². The molecule has 29 nitrogen and oxygen atoms in total. The SMILES string of the molecule is CCN1NNC2=C1c1ccccc1CN(C(=O)CCC(=O)NCC(=O)NCC(=O)N[C@H](C(=O)N[C@@H](C)C(=O)Nc1ccc(COC(=O)N3c4cc(OCCCOc5cc6c(cc5OC)C(=O)N5C=C(c7ccc(CO)cc7)C[C@H]5CN6)c(OC)cc4C(=O)N4CC5(CC5)C[C@H]4C3O)cc1)C(C)C)c1ccccc12. The van der Waals surface area contributed by atoms with Crippen LogP contribution in [0.4, 0.5) is 27.5 Å². The Morgan fingerprint density at radius 1 is 0.704 bits per heavy atom. The lowest BCUT2D eigenvalue weighted by Crippen LogP contribution is -2.55. The molecule has 1 spiro atoms. The van der Waals surface area contributed by atoms with Crippen LogP contribution in [0.2, 0.25) is 0 Å². The molecular weight excluding hydrogens is 1390 g/mol. The highest BCUT2D eigenvalue weighted by Gasteiger charge is 2.58. The van der Waals surface area contributed by atoms with Gasteiger partial charge in [-0.2, -0.15) is 0 Å². The number of hydrogen-bond acceptors (Lipinski definition) is 20. The molecule has 9 amide bonds. The highest BCUT2D eigenvalue weighted by Crippen LogP contribution is 2.57. The minimum Gasteiger partial charge on any atom is -0.493 e. The molecule has 29 heteroatoms. The second kappa shape index (κ2) is 32.2. The Hall–Kier alpha value is -11.7. The summed E-state index contributed by atoms with van der Waals surface area (Å²) in [5.74, 6) is -3.35. The van der Waals surface area contributed by atoms with E-state index in [0.29, 0.717) is 78.6 Å². The van der Waals surface area contributed by atoms with Crippen molar-refractivity contribution in [3.8, 4) is 23.0 Å². The summed E-state index contributed by atoms with van der Waals surface area (Å²) in [6.07, 6.45) is 2.31. The molecule has 6 aromatic carbocycles. The predicted octanol–water partition coefficient (Wildman–Crippen LogP) is 6.51. The fourth-order valence-corrected chi connectivity index (χ4v) is 14.5. The molecule has 2 fully saturated rings. The molecule has 0 aromatic heterocycles. The van der Waals surface area contributed by atoms with Crippen molar-refractivity contribution in [2.45, 2.75) is 123 Å². The van der Waals surface area contributed by atoms with E-state index >= 15 is 0 Å². The number of fused-ring (bicyclic) bond motifs is 8. The normalized spacial score (nSPS) is 18.2. The molecule has 6 heterocycles. The van der Waals surface area contributed by atoms with Crippen LogP contribution >= 0.6 is 0 Å². The Labute approximate surface area is 624 Å². The number of para-hydroxylation sites is 1. The van der Waals surface area contributed by atoms with Gasteiger partial charge in [0.25, 0.3) is 11.8 Å². The van der Waals surface area contributed by atoms with E-state index in [1.807, 2.05) is 90.9 Å². The number of hydrogen-bond donors (Lipinski definition) is 10. The maximum Gasteiger partial charge on any atom is 0.416 e. The van der Waals surface area contributed by atoms with Crippen molar-refractivity contribution < 1.29 is 77.0 Å². The van der Waals surface area contributed by atoms with Gasteiger partial charge in [0.05, 0.1) is 105 Å². The lowest BCUT2D eigenvalue weighted by atomic mass is 9.95. The Balaban J connectivity index is 0.568. The number of rotatable bonds is 26. The van der Waals surface area contributed by atoms with E-state index < -0.39 is 79.0 Å². The molecule has 1 unspecified atom stereocenters. The van der Waals surface area contributed by atoms with Crippen LogP contribution in [0.3, 0.4) is 0 Å². The van der Waals surface area contributed by atoms with Crippen LogP contribution in [0.1, 0.15) is 127 Å². The average Bonchev–Trinajstić information content (AvgIpc) is 1.56. The highest BCUT2D eigenvalue weighted by molar-refractivity contribution is 6.07. The van der Waals surface area contributed by atoms with Crippen molar-refractivity contribution in [3.05, 3.63) is 172 Å². The predicted molar refractivity (Wildman–Crippen MR) is 399 cm³/mol. The molecule has 10 N–H and O–H groups in total. The number of carbonyl (C=O) groups excluding carboxylic acids is 9. The molecular formula is C79H89N13O16. The first-order valence-corrected chi connectivity index (χ1v) is 36.3. The number of ether oxygens (including phenoxy) is 5. The molecule has 1 saturated heterocycles. The molecule has 0 radical (unpaired) electrons. The monoisotopic (exact) mass is 1480 g/mol. The quantitative estimate of drug-likeness (QED) is 0.0259. The molecule has 13 rings (SSSR count). The van der Waals surface area contributed by atoms with Crippen LogP contribution in [0, 0.1) is 11.3 Å². The number of anilines is 4. The van der Waals surface area contributed by atoms with E-state index in [4.69, 9.17) is 23.7 Å². The van der Waals surface area contributed by atoms with Crippen LogP contribution in [0.25, 0.3) is 17.0 Å². The Morgan fingerprint density at radius 2 is 1.38 bits per heavy atom. The smallest absolute Gasteiger partial charge is 0.416 e. The summed E-state index contributed by atoms with van der Waals surface area (Å²) in [5.41, 5.74) is 16.3. The zero-order valence-electron chi connectivity index (χ0n) is 61.0. The standard InChI is InChI=1S/C79H89N13O16/c1-7-91-72-54-14-9-8-13-50(54)40-89(59-16-11-10-15-55(59)71(72)86-87-91)69(97)26-25-66(94)81-38-67(95)82-39-68(96)85-70(45(2)3)74(99)83-46(4)73(98)84-52-23-19-48(20-24-52)43-108-78(103)92-60-35-65(63(105-6)33-57(60)76(101)90-44-79(27-28-79)36-61(90)77(92)102)107-30-12-29-106-64-34-58-56(32-62(64)104-5)75(100)88-41-51(31-53(88)37-80-58)49-21-17-47(42-93)18-22-49/h8-11,13-24,32-35,41,45-46,53,61,70,77,80,86-87,93,102H,7,12,25-31,36-40,42-44H2,1-6H3,(H,81,94)(H,82,95)(H,83,99)(H,84,98)(H,85,96)/t46-,53-,61-,70-,77?/m0/s1. The van der Waals surface area contributed by atoms with Crippen LogP contribution in [0.15, 0.2) is 128 Å². The first kappa shape index (κ1) is 74.6. The second-order valence-corrected chi connectivity index (χ2v) is 28.2. The zero-order chi connectivity index (χ0) is 76.1. The van der Waals surface area contributed by atoms with Crippen molar-refractivity contribution in [2.24, 2.45) is 11.3 Å². The first-order valence-electron chi connectivity index (χ1n) is 36.3. The number of nitrogens with zero attached hydrogens (tertiary/aromatic N) is 5. The topological polar surface area (TPSA) is 353 Å². The minimum absolute atomic E-state index is 0.0529. The van der Waals surface area contributed by atoms with Crippen molar-refractivity contribution in [1.29, 1.82) is 0 Å². The van der Waals surface area contributed by atoms with Gasteiger partial charge in [-0.25, -0.2) is 9.69 Å². The maximum atomic E-state index is 14.5. The van der Waals surface area contributed by atoms with E-state index in [1.54, 1.807) is 64.9 Å². The number of methoxy groups -OCH3 is 2. The second-order valence-electron chi connectivity index (χ2n) is 28.2. The van der Waals surface area contributed by atoms with Gasteiger partial charge in [0, 0.05) is 74.0 Å². The summed E-state index contributed by atoms with van der Waals surface area (Å²) < 4.78 is 29.9. The summed E-state index contributed by atoms with van der Waals surface area (Å²) >= 11 is 0. The fourth-order valence-electron chi connectivity index (χ4n) is 14.5. The van der Waals surface area contributed by atoms with Gasteiger partial charge in [0.1, 0.15) is 18.7 Å². The van der Waals surface area contributed by atoms with E-state index in [1.165, 1.54) is 33.3 Å². The molecule has 6 aliphatic heterocycles. The number of hydrazine groups is 2. The van der Waals surface area contributed by atoms with E-state index in [0.717, 1.165) is 62.5 Å². The summed E-state index contributed by atoms with van der Waals surface area (Å²) in [7, 11) is 2.93. The highest BCUT2D eigenvalue weighted by atomic mass is 16.6. The third kappa shape index (κ3) is 15.9. The largest absolute Gasteiger partial charge is 0.493 e. The molecule has 0 bridgehead atoms. The number of aliphatic hydroxyl groups is 2. The zero-order valence-corrected chi connectivity index (χ0v) is 61.0. The van der Waals surface area contributed by atoms with Gasteiger partial charge in [-0.05, 0) is 109 Å². The summed E-state index contributed by atoms with van der Waals surface area (Å²) in [5, 5.41) is 40.1. The van der Waals surface area contributed by atoms with Gasteiger partial charge in [0.2, 0.25) is 35.4 Å². The van der Waals surface area contributed by atoms with Gasteiger partial charge in [-0.15, -0.1) is 5.53 Å². The number of nitrogens with one attached hydrogen (secondary N) is 8. The van der Waals surface area contributed by atoms with Crippen molar-refractivity contribution in [1.82, 2.24) is 47.0 Å². The molecule has 6 aromatic rings. The van der Waals surface area contributed by atoms with E-state index in [-0.39, 0.29) is 97.7 Å². The summed E-state index contributed by atoms with van der Waals surface area (Å²) in [4.78, 5) is 129. The fraction of sp³-hybridized carbons (Fsp3) is 0.380. The minimum atomic E-state index is -1.51. The number of amides is 9. The third-order valence-electron chi connectivity index (χ3n) is 20.7. The number of carbonyl (C=O) groups is 9. The first-order chi connectivity index (χ1) is 52.1. The summed E-state index contributed by atoms with van der Waals surface area (Å²) in [6, 6.07) is 32.7. The molecule has 108 heavy (non-hydrogen) atoms. The molecule has 1 aliphatic carbocycles. The van der Waals surface area contributed by atoms with E-state index in [2.05, 4.69) is 42.9 Å². The Bertz CT molecular complexity index is 4560. The maximum absolute atomic E-state index is 14.5. The molecule has 5 atom stereocenters. The number of benzene rings is 6. The lowest BCUT2D eigenvalue weighted by Gasteiger charge is -2.31.